The van der Waals surface area contributed by atoms with E-state index in [4.69, 9.17) is 9.57 Å². The molecule has 98 valence electrons. The van der Waals surface area contributed by atoms with Crippen molar-refractivity contribution in [3.63, 3.8) is 0 Å². The molecule has 1 atom stereocenters. The molecule has 0 aliphatic heterocycles. The van der Waals surface area contributed by atoms with Gasteiger partial charge in [0.2, 0.25) is 0 Å². The highest BCUT2D eigenvalue weighted by Crippen LogP contribution is 2.19. The second-order valence-corrected chi connectivity index (χ2v) is 4.53. The van der Waals surface area contributed by atoms with E-state index in [2.05, 4.69) is 5.16 Å². The predicted molar refractivity (Wildman–Crippen MR) is 72.5 cm³/mol. The molecule has 1 unspecified atom stereocenters. The first-order chi connectivity index (χ1) is 8.90. The van der Waals surface area contributed by atoms with Gasteiger partial charge in [0, 0.05) is 6.61 Å². The Kier molecular flexibility index (Phi) is 5.21. The molecule has 0 amide bonds. The second-order valence-electron chi connectivity index (χ2n) is 4.53. The zero-order valence-corrected chi connectivity index (χ0v) is 11.0. The van der Waals surface area contributed by atoms with Crippen LogP contribution in [0.4, 0.5) is 0 Å². The van der Waals surface area contributed by atoms with Crippen LogP contribution in [0.3, 0.4) is 0 Å². The predicted octanol–water partition coefficient (Wildman–Crippen LogP) is 3.54. The van der Waals surface area contributed by atoms with Gasteiger partial charge in [-0.3, -0.25) is 0 Å². The fourth-order valence-corrected chi connectivity index (χ4v) is 2.21. The molecular formula is C15H21NO2. The van der Waals surface area contributed by atoms with Crippen LogP contribution in [-0.4, -0.2) is 18.4 Å². The number of ether oxygens (including phenoxy) is 1. The standard InChI is InChI=1S/C15H21NO2/c1-2-17-15-11-7-6-10-14(15)16-18-12-13-8-4-3-5-9-13/h3-5,8-9,15H,2,6-7,10-12H2,1H3/b16-14+. The van der Waals surface area contributed by atoms with E-state index < -0.39 is 0 Å². The van der Waals surface area contributed by atoms with Crippen molar-refractivity contribution < 1.29 is 9.57 Å². The van der Waals surface area contributed by atoms with Gasteiger partial charge in [-0.05, 0) is 31.7 Å². The van der Waals surface area contributed by atoms with Gasteiger partial charge in [-0.1, -0.05) is 41.9 Å². The number of hydrogen-bond acceptors (Lipinski definition) is 3. The molecule has 1 aromatic carbocycles. The lowest BCUT2D eigenvalue weighted by Gasteiger charge is -2.23. The fourth-order valence-electron chi connectivity index (χ4n) is 2.21. The number of nitrogens with zero attached hydrogens (tertiary/aromatic N) is 1. The summed E-state index contributed by atoms with van der Waals surface area (Å²) in [6.07, 6.45) is 4.65. The lowest BCUT2D eigenvalue weighted by molar-refractivity contribution is 0.0816. The lowest BCUT2D eigenvalue weighted by atomic mass is 9.95. The third-order valence-electron chi connectivity index (χ3n) is 3.14. The molecule has 0 aromatic heterocycles. The molecule has 1 aromatic rings. The van der Waals surface area contributed by atoms with Crippen molar-refractivity contribution >= 4 is 5.71 Å². The Morgan fingerprint density at radius 3 is 2.83 bits per heavy atom. The van der Waals surface area contributed by atoms with Crippen LogP contribution in [0.25, 0.3) is 0 Å². The molecule has 0 bridgehead atoms. The molecule has 1 saturated carbocycles. The fraction of sp³-hybridized carbons (Fsp3) is 0.533. The highest BCUT2D eigenvalue weighted by Gasteiger charge is 2.21. The summed E-state index contributed by atoms with van der Waals surface area (Å²) < 4.78 is 5.69. The minimum Gasteiger partial charge on any atom is -0.391 e. The molecule has 0 N–H and O–H groups in total. The van der Waals surface area contributed by atoms with E-state index in [9.17, 15) is 0 Å². The van der Waals surface area contributed by atoms with Gasteiger partial charge >= 0.3 is 0 Å². The van der Waals surface area contributed by atoms with Crippen molar-refractivity contribution in [1.29, 1.82) is 0 Å². The van der Waals surface area contributed by atoms with Crippen LogP contribution in [0.5, 0.6) is 0 Å². The molecule has 0 saturated heterocycles. The molecule has 1 aliphatic rings. The molecule has 0 radical (unpaired) electrons. The van der Waals surface area contributed by atoms with Crippen LogP contribution in [0.1, 0.15) is 38.2 Å². The molecule has 1 fully saturated rings. The largest absolute Gasteiger partial charge is 0.391 e. The lowest BCUT2D eigenvalue weighted by Crippen LogP contribution is -2.28. The molecule has 0 spiro atoms. The Balaban J connectivity index is 1.86. The van der Waals surface area contributed by atoms with E-state index in [1.807, 2.05) is 37.3 Å². The first-order valence-corrected chi connectivity index (χ1v) is 6.74. The zero-order chi connectivity index (χ0) is 12.6. The Bertz CT molecular complexity index is 373. The molecule has 2 rings (SSSR count). The van der Waals surface area contributed by atoms with Crippen molar-refractivity contribution in [2.75, 3.05) is 6.61 Å². The van der Waals surface area contributed by atoms with Gasteiger partial charge in [-0.15, -0.1) is 0 Å². The Morgan fingerprint density at radius 1 is 1.22 bits per heavy atom. The number of rotatable bonds is 5. The molecule has 18 heavy (non-hydrogen) atoms. The second kappa shape index (κ2) is 7.17. The van der Waals surface area contributed by atoms with Crippen LogP contribution in [0.2, 0.25) is 0 Å². The Labute approximate surface area is 109 Å². The van der Waals surface area contributed by atoms with E-state index in [1.165, 1.54) is 12.8 Å². The minimum absolute atomic E-state index is 0.166. The Morgan fingerprint density at radius 2 is 2.06 bits per heavy atom. The van der Waals surface area contributed by atoms with E-state index >= 15 is 0 Å². The number of hydrogen-bond donors (Lipinski definition) is 0. The summed E-state index contributed by atoms with van der Waals surface area (Å²) in [5, 5.41) is 4.27. The molecular weight excluding hydrogens is 226 g/mol. The quantitative estimate of drug-likeness (QED) is 0.745. The van der Waals surface area contributed by atoms with Gasteiger partial charge in [-0.25, -0.2) is 0 Å². The number of benzene rings is 1. The first kappa shape index (κ1) is 13.1. The van der Waals surface area contributed by atoms with Crippen LogP contribution in [0.15, 0.2) is 35.5 Å². The summed E-state index contributed by atoms with van der Waals surface area (Å²) in [7, 11) is 0. The summed E-state index contributed by atoms with van der Waals surface area (Å²) in [5.41, 5.74) is 2.21. The maximum absolute atomic E-state index is 5.69. The van der Waals surface area contributed by atoms with Gasteiger partial charge in [0.1, 0.15) is 6.61 Å². The summed E-state index contributed by atoms with van der Waals surface area (Å²) >= 11 is 0. The van der Waals surface area contributed by atoms with Crippen molar-refractivity contribution in [3.8, 4) is 0 Å². The molecule has 3 heteroatoms. The SMILES string of the molecule is CCOC1CCCC/C1=N\OCc1ccccc1. The highest BCUT2D eigenvalue weighted by atomic mass is 16.6. The molecule has 0 heterocycles. The average Bonchev–Trinajstić information content (AvgIpc) is 2.42. The number of oxime groups is 1. The maximum Gasteiger partial charge on any atom is 0.142 e. The van der Waals surface area contributed by atoms with Gasteiger partial charge in [-0.2, -0.15) is 0 Å². The monoisotopic (exact) mass is 247 g/mol. The summed E-state index contributed by atoms with van der Waals surface area (Å²) in [6, 6.07) is 10.1. The average molecular weight is 247 g/mol. The highest BCUT2D eigenvalue weighted by molar-refractivity contribution is 5.88. The minimum atomic E-state index is 0.166. The van der Waals surface area contributed by atoms with E-state index in [0.717, 1.165) is 30.7 Å². The van der Waals surface area contributed by atoms with E-state index in [1.54, 1.807) is 0 Å². The van der Waals surface area contributed by atoms with Crippen molar-refractivity contribution in [3.05, 3.63) is 35.9 Å². The maximum atomic E-state index is 5.69. The third-order valence-corrected chi connectivity index (χ3v) is 3.14. The van der Waals surface area contributed by atoms with Crippen LogP contribution >= 0.6 is 0 Å². The molecule has 1 aliphatic carbocycles. The van der Waals surface area contributed by atoms with E-state index in [0.29, 0.717) is 6.61 Å². The summed E-state index contributed by atoms with van der Waals surface area (Å²) in [6.45, 7) is 3.29. The van der Waals surface area contributed by atoms with Crippen molar-refractivity contribution in [1.82, 2.24) is 0 Å². The van der Waals surface area contributed by atoms with Gasteiger partial charge in [0.05, 0.1) is 11.8 Å². The van der Waals surface area contributed by atoms with Crippen LogP contribution in [0, 0.1) is 0 Å². The Hall–Kier alpha value is -1.35. The van der Waals surface area contributed by atoms with Gasteiger partial charge < -0.3 is 9.57 Å². The van der Waals surface area contributed by atoms with Crippen LogP contribution in [-0.2, 0) is 16.2 Å². The third kappa shape index (κ3) is 3.84. The van der Waals surface area contributed by atoms with Gasteiger partial charge in [0.15, 0.2) is 0 Å². The van der Waals surface area contributed by atoms with Crippen molar-refractivity contribution in [2.24, 2.45) is 5.16 Å². The van der Waals surface area contributed by atoms with E-state index in [-0.39, 0.29) is 6.10 Å². The molecule has 3 nitrogen and oxygen atoms in total. The smallest absolute Gasteiger partial charge is 0.142 e. The summed E-state index contributed by atoms with van der Waals surface area (Å²) in [4.78, 5) is 5.44. The normalized spacial score (nSPS) is 22.1. The first-order valence-electron chi connectivity index (χ1n) is 6.74. The van der Waals surface area contributed by atoms with Gasteiger partial charge in [0.25, 0.3) is 0 Å². The topological polar surface area (TPSA) is 30.8 Å². The van der Waals surface area contributed by atoms with Crippen LogP contribution < -0.4 is 0 Å². The summed E-state index contributed by atoms with van der Waals surface area (Å²) in [5.74, 6) is 0. The zero-order valence-electron chi connectivity index (χ0n) is 11.0. The van der Waals surface area contributed by atoms with Crippen molar-refractivity contribution in [2.45, 2.75) is 45.3 Å².